The number of hydrogen-bond acceptors (Lipinski definition) is 5. The SMILES string of the molecule is O=C(NCC1CCCO1)C1COC2(CCN(C(=O)c3ccccc3Cl)CC2)N1C(=O)c1cccc(F)c1. The molecule has 0 aliphatic carbocycles. The van der Waals surface area contributed by atoms with Crippen LogP contribution in [0.3, 0.4) is 0 Å². The van der Waals surface area contributed by atoms with Crippen LogP contribution in [0.2, 0.25) is 5.02 Å². The van der Waals surface area contributed by atoms with Gasteiger partial charge in [0.1, 0.15) is 17.6 Å². The van der Waals surface area contributed by atoms with Crippen LogP contribution < -0.4 is 5.32 Å². The summed E-state index contributed by atoms with van der Waals surface area (Å²) in [6.45, 7) is 1.65. The van der Waals surface area contributed by atoms with Crippen molar-refractivity contribution in [1.82, 2.24) is 15.1 Å². The van der Waals surface area contributed by atoms with Gasteiger partial charge in [0.25, 0.3) is 11.8 Å². The molecule has 3 aliphatic rings. The molecule has 0 bridgehead atoms. The normalized spacial score (nSPS) is 22.9. The van der Waals surface area contributed by atoms with Crippen LogP contribution in [0.1, 0.15) is 46.4 Å². The summed E-state index contributed by atoms with van der Waals surface area (Å²) >= 11 is 6.23. The molecule has 196 valence electrons. The number of hydrogen-bond donors (Lipinski definition) is 1. The summed E-state index contributed by atoms with van der Waals surface area (Å²) < 4.78 is 25.8. The summed E-state index contributed by atoms with van der Waals surface area (Å²) in [6.07, 6.45) is 2.38. The largest absolute Gasteiger partial charge is 0.376 e. The molecule has 1 N–H and O–H groups in total. The van der Waals surface area contributed by atoms with Crippen molar-refractivity contribution in [2.45, 2.75) is 43.6 Å². The molecular weight excluding hydrogens is 501 g/mol. The maximum atomic E-state index is 14.0. The third-order valence-electron chi connectivity index (χ3n) is 7.32. The number of piperidine rings is 1. The zero-order chi connectivity index (χ0) is 26.0. The minimum atomic E-state index is -1.09. The molecule has 2 atom stereocenters. The molecule has 37 heavy (non-hydrogen) atoms. The summed E-state index contributed by atoms with van der Waals surface area (Å²) in [6, 6.07) is 11.4. The number of nitrogens with zero attached hydrogens (tertiary/aromatic N) is 2. The Morgan fingerprint density at radius 2 is 1.86 bits per heavy atom. The van der Waals surface area contributed by atoms with E-state index < -0.39 is 23.5 Å². The van der Waals surface area contributed by atoms with E-state index in [2.05, 4.69) is 5.32 Å². The third-order valence-corrected chi connectivity index (χ3v) is 7.65. The van der Waals surface area contributed by atoms with Crippen LogP contribution in [0.4, 0.5) is 4.39 Å². The van der Waals surface area contributed by atoms with Crippen molar-refractivity contribution in [2.24, 2.45) is 0 Å². The molecule has 3 heterocycles. The van der Waals surface area contributed by atoms with Crippen LogP contribution in [-0.4, -0.2) is 78.2 Å². The predicted molar refractivity (Wildman–Crippen MR) is 134 cm³/mol. The fourth-order valence-corrected chi connectivity index (χ4v) is 5.55. The fourth-order valence-electron chi connectivity index (χ4n) is 5.33. The topological polar surface area (TPSA) is 88.2 Å². The quantitative estimate of drug-likeness (QED) is 0.642. The van der Waals surface area contributed by atoms with Crippen molar-refractivity contribution in [3.05, 3.63) is 70.5 Å². The molecule has 3 fully saturated rings. The lowest BCUT2D eigenvalue weighted by molar-refractivity contribution is -0.128. The average molecular weight is 530 g/mol. The number of ether oxygens (including phenoxy) is 2. The number of nitrogens with one attached hydrogen (secondary N) is 1. The molecule has 10 heteroatoms. The highest BCUT2D eigenvalue weighted by Crippen LogP contribution is 2.39. The van der Waals surface area contributed by atoms with Crippen molar-refractivity contribution in [1.29, 1.82) is 0 Å². The maximum Gasteiger partial charge on any atom is 0.256 e. The molecule has 3 saturated heterocycles. The highest BCUT2D eigenvalue weighted by Gasteiger charge is 2.54. The number of halogens is 2. The average Bonchev–Trinajstić information content (AvgIpc) is 3.56. The van der Waals surface area contributed by atoms with Gasteiger partial charge in [0.15, 0.2) is 0 Å². The van der Waals surface area contributed by atoms with E-state index in [9.17, 15) is 18.8 Å². The fraction of sp³-hybridized carbons (Fsp3) is 0.444. The molecular formula is C27H29ClFN3O5. The molecule has 3 aliphatic heterocycles. The molecule has 2 aromatic rings. The second-order valence-electron chi connectivity index (χ2n) is 9.61. The predicted octanol–water partition coefficient (Wildman–Crippen LogP) is 3.25. The highest BCUT2D eigenvalue weighted by molar-refractivity contribution is 6.33. The highest BCUT2D eigenvalue weighted by atomic mass is 35.5. The van der Waals surface area contributed by atoms with Gasteiger partial charge >= 0.3 is 0 Å². The van der Waals surface area contributed by atoms with Gasteiger partial charge in [0, 0.05) is 44.6 Å². The first kappa shape index (κ1) is 25.6. The summed E-state index contributed by atoms with van der Waals surface area (Å²) in [4.78, 5) is 43.2. The smallest absolute Gasteiger partial charge is 0.256 e. The first-order chi connectivity index (χ1) is 17.9. The van der Waals surface area contributed by atoms with Gasteiger partial charge in [-0.2, -0.15) is 0 Å². The van der Waals surface area contributed by atoms with E-state index in [4.69, 9.17) is 21.1 Å². The number of benzene rings is 2. The monoisotopic (exact) mass is 529 g/mol. The van der Waals surface area contributed by atoms with Gasteiger partial charge in [0.05, 0.1) is 23.3 Å². The summed E-state index contributed by atoms with van der Waals surface area (Å²) in [5.41, 5.74) is -0.546. The molecule has 0 saturated carbocycles. The molecule has 3 amide bonds. The number of carbonyl (C=O) groups is 3. The van der Waals surface area contributed by atoms with Crippen molar-refractivity contribution >= 4 is 29.3 Å². The molecule has 2 aromatic carbocycles. The third kappa shape index (κ3) is 5.21. The van der Waals surface area contributed by atoms with Gasteiger partial charge in [0.2, 0.25) is 5.91 Å². The zero-order valence-corrected chi connectivity index (χ0v) is 21.1. The minimum absolute atomic E-state index is 0.0108. The van der Waals surface area contributed by atoms with Crippen LogP contribution in [0, 0.1) is 5.82 Å². The second-order valence-corrected chi connectivity index (χ2v) is 10.0. The maximum absolute atomic E-state index is 14.0. The Bertz CT molecular complexity index is 1180. The lowest BCUT2D eigenvalue weighted by Crippen LogP contribution is -2.60. The number of amides is 3. The van der Waals surface area contributed by atoms with Crippen LogP contribution in [-0.2, 0) is 14.3 Å². The standard InChI is InChI=1S/C27H29ClFN3O5/c28-22-9-2-1-8-21(22)26(35)31-12-10-27(11-13-31)32(25(34)18-5-3-6-19(29)15-18)23(17-37-27)24(33)30-16-20-7-4-14-36-20/h1-3,5-6,8-9,15,20,23H,4,7,10-14,16-17H2,(H,30,33). The summed E-state index contributed by atoms with van der Waals surface area (Å²) in [5, 5.41) is 3.27. The Kier molecular flexibility index (Phi) is 7.46. The van der Waals surface area contributed by atoms with Gasteiger partial charge in [-0.3, -0.25) is 19.3 Å². The van der Waals surface area contributed by atoms with Crippen molar-refractivity contribution < 1.29 is 28.2 Å². The molecule has 5 rings (SSSR count). The first-order valence-electron chi connectivity index (χ1n) is 12.5. The number of carbonyl (C=O) groups excluding carboxylic acids is 3. The van der Waals surface area contributed by atoms with Crippen LogP contribution >= 0.6 is 11.6 Å². The summed E-state index contributed by atoms with van der Waals surface area (Å²) in [7, 11) is 0. The van der Waals surface area contributed by atoms with E-state index in [1.165, 1.54) is 23.1 Å². The van der Waals surface area contributed by atoms with Gasteiger partial charge in [-0.25, -0.2) is 4.39 Å². The van der Waals surface area contributed by atoms with E-state index in [-0.39, 0.29) is 30.1 Å². The van der Waals surface area contributed by atoms with E-state index in [0.29, 0.717) is 49.7 Å². The van der Waals surface area contributed by atoms with E-state index in [1.807, 2.05) is 0 Å². The Balaban J connectivity index is 1.36. The Labute approximate surface area is 219 Å². The molecule has 0 aromatic heterocycles. The summed E-state index contributed by atoms with van der Waals surface area (Å²) in [5.74, 6) is -1.57. The number of likely N-dealkylation sites (tertiary alicyclic amines) is 1. The lowest BCUT2D eigenvalue weighted by atomic mass is 9.96. The first-order valence-corrected chi connectivity index (χ1v) is 12.9. The zero-order valence-electron chi connectivity index (χ0n) is 20.3. The number of rotatable bonds is 5. The molecule has 0 radical (unpaired) electrons. The Hall–Kier alpha value is -3.01. The van der Waals surface area contributed by atoms with Crippen molar-refractivity contribution in [3.8, 4) is 0 Å². The Morgan fingerprint density at radius 3 is 2.57 bits per heavy atom. The molecule has 1 spiro atoms. The van der Waals surface area contributed by atoms with Gasteiger partial charge in [-0.15, -0.1) is 0 Å². The van der Waals surface area contributed by atoms with Gasteiger partial charge < -0.3 is 19.7 Å². The van der Waals surface area contributed by atoms with Crippen molar-refractivity contribution in [2.75, 3.05) is 32.8 Å². The molecule has 8 nitrogen and oxygen atoms in total. The second kappa shape index (κ2) is 10.8. The van der Waals surface area contributed by atoms with Gasteiger partial charge in [-0.1, -0.05) is 29.8 Å². The van der Waals surface area contributed by atoms with Gasteiger partial charge in [-0.05, 0) is 43.2 Å². The van der Waals surface area contributed by atoms with E-state index >= 15 is 0 Å². The lowest BCUT2D eigenvalue weighted by Gasteiger charge is -2.44. The van der Waals surface area contributed by atoms with Crippen LogP contribution in [0.15, 0.2) is 48.5 Å². The van der Waals surface area contributed by atoms with Crippen molar-refractivity contribution in [3.63, 3.8) is 0 Å². The van der Waals surface area contributed by atoms with Crippen LogP contribution in [0.25, 0.3) is 0 Å². The van der Waals surface area contributed by atoms with E-state index in [0.717, 1.165) is 18.9 Å². The Morgan fingerprint density at radius 1 is 1.08 bits per heavy atom. The molecule has 2 unspecified atom stereocenters. The van der Waals surface area contributed by atoms with Crippen LogP contribution in [0.5, 0.6) is 0 Å². The van der Waals surface area contributed by atoms with E-state index in [1.54, 1.807) is 29.2 Å². The minimum Gasteiger partial charge on any atom is -0.376 e.